The topological polar surface area (TPSA) is 15.3 Å². The summed E-state index contributed by atoms with van der Waals surface area (Å²) in [5, 5.41) is 4.47. The van der Waals surface area contributed by atoms with Gasteiger partial charge in [-0.15, -0.1) is 11.8 Å². The quantitative estimate of drug-likeness (QED) is 0.917. The van der Waals surface area contributed by atoms with Gasteiger partial charge in [0.15, 0.2) is 0 Å². The van der Waals surface area contributed by atoms with E-state index in [1.807, 2.05) is 0 Å². The molecular formula is C17H26N2S. The summed E-state index contributed by atoms with van der Waals surface area (Å²) in [4.78, 5) is 3.94. The minimum atomic E-state index is 0.503. The zero-order valence-electron chi connectivity index (χ0n) is 12.7. The van der Waals surface area contributed by atoms with Crippen LogP contribution < -0.4 is 5.32 Å². The Morgan fingerprint density at radius 1 is 1.30 bits per heavy atom. The first kappa shape index (κ1) is 14.4. The predicted octanol–water partition coefficient (Wildman–Crippen LogP) is 3.02. The maximum atomic E-state index is 3.75. The lowest BCUT2D eigenvalue weighted by Crippen LogP contribution is -2.43. The van der Waals surface area contributed by atoms with Gasteiger partial charge in [-0.3, -0.25) is 0 Å². The van der Waals surface area contributed by atoms with Crippen LogP contribution in [-0.4, -0.2) is 43.4 Å². The highest BCUT2D eigenvalue weighted by atomic mass is 32.2. The summed E-state index contributed by atoms with van der Waals surface area (Å²) in [6.07, 6.45) is 3.89. The number of piperidine rings is 1. The average Bonchev–Trinajstić information content (AvgIpc) is 2.85. The molecule has 1 fully saturated rings. The van der Waals surface area contributed by atoms with Gasteiger partial charge in [0.1, 0.15) is 0 Å². The number of nitrogens with zero attached hydrogens (tertiary/aromatic N) is 1. The number of benzene rings is 1. The molecule has 0 radical (unpaired) electrons. The molecule has 0 aliphatic carbocycles. The van der Waals surface area contributed by atoms with Crippen LogP contribution in [0, 0.1) is 5.41 Å². The molecule has 2 aliphatic rings. The van der Waals surface area contributed by atoms with Crippen molar-refractivity contribution in [2.75, 3.05) is 33.2 Å². The summed E-state index contributed by atoms with van der Waals surface area (Å²) in [5.41, 5.74) is 2.04. The molecule has 0 saturated carbocycles. The number of rotatable bonds is 4. The van der Waals surface area contributed by atoms with Crippen molar-refractivity contribution in [1.82, 2.24) is 10.2 Å². The third-order valence-corrected chi connectivity index (χ3v) is 6.15. The van der Waals surface area contributed by atoms with Gasteiger partial charge in [0.25, 0.3) is 0 Å². The van der Waals surface area contributed by atoms with E-state index in [0.29, 0.717) is 5.41 Å². The monoisotopic (exact) mass is 290 g/mol. The van der Waals surface area contributed by atoms with Crippen LogP contribution in [0.25, 0.3) is 0 Å². The molecule has 3 heteroatoms. The van der Waals surface area contributed by atoms with Crippen molar-refractivity contribution in [3.8, 4) is 0 Å². The zero-order valence-corrected chi connectivity index (χ0v) is 13.5. The van der Waals surface area contributed by atoms with Crippen molar-refractivity contribution < 1.29 is 0 Å². The van der Waals surface area contributed by atoms with Gasteiger partial charge in [-0.05, 0) is 56.4 Å². The van der Waals surface area contributed by atoms with Crippen molar-refractivity contribution in [3.63, 3.8) is 0 Å². The molecule has 0 aromatic heterocycles. The summed E-state index contributed by atoms with van der Waals surface area (Å²) in [7, 11) is 2.24. The lowest BCUT2D eigenvalue weighted by Gasteiger charge is -2.38. The first-order chi connectivity index (χ1) is 9.65. The SMILES string of the molecule is CN1CCC(C)(CNCC2Cc3ccccc3S2)CC1. The first-order valence-corrected chi connectivity index (χ1v) is 8.66. The van der Waals surface area contributed by atoms with Gasteiger partial charge in [-0.25, -0.2) is 0 Å². The summed E-state index contributed by atoms with van der Waals surface area (Å²) in [6.45, 7) is 7.27. The van der Waals surface area contributed by atoms with E-state index in [2.05, 4.69) is 60.2 Å². The second-order valence-electron chi connectivity index (χ2n) is 6.80. The highest BCUT2D eigenvalue weighted by Gasteiger charge is 2.29. The van der Waals surface area contributed by atoms with E-state index in [1.54, 1.807) is 0 Å². The van der Waals surface area contributed by atoms with E-state index in [-0.39, 0.29) is 0 Å². The van der Waals surface area contributed by atoms with Crippen LogP contribution in [0.2, 0.25) is 0 Å². The average molecular weight is 290 g/mol. The first-order valence-electron chi connectivity index (χ1n) is 7.78. The van der Waals surface area contributed by atoms with Crippen LogP contribution in [0.3, 0.4) is 0 Å². The van der Waals surface area contributed by atoms with Crippen molar-refractivity contribution in [2.24, 2.45) is 5.41 Å². The second-order valence-corrected chi connectivity index (χ2v) is 8.14. The lowest BCUT2D eigenvalue weighted by atomic mass is 9.80. The van der Waals surface area contributed by atoms with Crippen LogP contribution in [0.15, 0.2) is 29.2 Å². The van der Waals surface area contributed by atoms with Crippen LogP contribution >= 0.6 is 11.8 Å². The molecule has 3 rings (SSSR count). The van der Waals surface area contributed by atoms with Gasteiger partial charge < -0.3 is 10.2 Å². The van der Waals surface area contributed by atoms with Gasteiger partial charge >= 0.3 is 0 Å². The molecule has 1 saturated heterocycles. The van der Waals surface area contributed by atoms with Gasteiger partial charge in [0.2, 0.25) is 0 Å². The van der Waals surface area contributed by atoms with Crippen molar-refractivity contribution >= 4 is 11.8 Å². The molecule has 2 aliphatic heterocycles. The van der Waals surface area contributed by atoms with E-state index >= 15 is 0 Å². The Balaban J connectivity index is 1.43. The largest absolute Gasteiger partial charge is 0.315 e. The van der Waals surface area contributed by atoms with E-state index < -0.39 is 0 Å². The van der Waals surface area contributed by atoms with Crippen molar-refractivity contribution in [1.29, 1.82) is 0 Å². The lowest BCUT2D eigenvalue weighted by molar-refractivity contribution is 0.137. The van der Waals surface area contributed by atoms with Gasteiger partial charge in [0.05, 0.1) is 0 Å². The fourth-order valence-corrected chi connectivity index (χ4v) is 4.52. The highest BCUT2D eigenvalue weighted by Crippen LogP contribution is 2.36. The zero-order chi connectivity index (χ0) is 14.0. The summed E-state index contributed by atoms with van der Waals surface area (Å²) >= 11 is 2.05. The minimum Gasteiger partial charge on any atom is -0.315 e. The number of likely N-dealkylation sites (tertiary alicyclic amines) is 1. The molecule has 20 heavy (non-hydrogen) atoms. The molecule has 0 amide bonds. The number of thioether (sulfide) groups is 1. The Morgan fingerprint density at radius 2 is 2.05 bits per heavy atom. The fourth-order valence-electron chi connectivity index (χ4n) is 3.24. The third-order valence-electron chi connectivity index (χ3n) is 4.83. The standard InChI is InChI=1S/C17H26N2S/c1-17(7-9-19(2)10-8-17)13-18-12-15-11-14-5-3-4-6-16(14)20-15/h3-6,15,18H,7-13H2,1-2H3. The van der Waals surface area contributed by atoms with E-state index in [4.69, 9.17) is 0 Å². The van der Waals surface area contributed by atoms with E-state index in [9.17, 15) is 0 Å². The maximum absolute atomic E-state index is 3.75. The Hall–Kier alpha value is -0.510. The van der Waals surface area contributed by atoms with E-state index in [1.165, 1.54) is 49.4 Å². The molecule has 1 atom stereocenters. The molecule has 110 valence electrons. The molecule has 2 heterocycles. The number of hydrogen-bond acceptors (Lipinski definition) is 3. The molecule has 1 unspecified atom stereocenters. The van der Waals surface area contributed by atoms with E-state index in [0.717, 1.165) is 11.8 Å². The molecule has 2 nitrogen and oxygen atoms in total. The van der Waals surface area contributed by atoms with Gasteiger partial charge in [0, 0.05) is 23.2 Å². The number of fused-ring (bicyclic) bond motifs is 1. The normalized spacial score (nSPS) is 25.6. The summed E-state index contributed by atoms with van der Waals surface area (Å²) < 4.78 is 0. The van der Waals surface area contributed by atoms with Crippen molar-refractivity contribution in [3.05, 3.63) is 29.8 Å². The van der Waals surface area contributed by atoms with Gasteiger partial charge in [-0.2, -0.15) is 0 Å². The Labute approximate surface area is 127 Å². The van der Waals surface area contributed by atoms with Gasteiger partial charge in [-0.1, -0.05) is 25.1 Å². The molecule has 0 bridgehead atoms. The molecule has 1 aromatic carbocycles. The fraction of sp³-hybridized carbons (Fsp3) is 0.647. The molecule has 1 aromatic rings. The van der Waals surface area contributed by atoms with Crippen LogP contribution in [-0.2, 0) is 6.42 Å². The number of hydrogen-bond donors (Lipinski definition) is 1. The Bertz CT molecular complexity index is 427. The molecule has 0 spiro atoms. The van der Waals surface area contributed by atoms with Crippen molar-refractivity contribution in [2.45, 2.75) is 36.3 Å². The Kier molecular flexibility index (Phi) is 4.39. The van der Waals surface area contributed by atoms with Crippen LogP contribution in [0.4, 0.5) is 0 Å². The predicted molar refractivity (Wildman–Crippen MR) is 87.5 cm³/mol. The molecular weight excluding hydrogens is 264 g/mol. The van der Waals surface area contributed by atoms with Crippen LogP contribution in [0.1, 0.15) is 25.3 Å². The smallest absolute Gasteiger partial charge is 0.0260 e. The summed E-state index contributed by atoms with van der Waals surface area (Å²) in [6, 6.07) is 8.86. The molecule has 1 N–H and O–H groups in total. The third kappa shape index (κ3) is 3.38. The second kappa shape index (κ2) is 6.08. The number of nitrogens with one attached hydrogen (secondary N) is 1. The van der Waals surface area contributed by atoms with Crippen LogP contribution in [0.5, 0.6) is 0 Å². The highest BCUT2D eigenvalue weighted by molar-refractivity contribution is 8.00. The minimum absolute atomic E-state index is 0.503. The summed E-state index contributed by atoms with van der Waals surface area (Å²) in [5.74, 6) is 0. The maximum Gasteiger partial charge on any atom is 0.0260 e. The Morgan fingerprint density at radius 3 is 2.80 bits per heavy atom.